The van der Waals surface area contributed by atoms with E-state index in [9.17, 15) is 13.2 Å². The number of hydrogen-bond donors (Lipinski definition) is 1. The summed E-state index contributed by atoms with van der Waals surface area (Å²) >= 11 is 1.24. The number of carbonyl (C=O) groups is 1. The fraction of sp³-hybridized carbons (Fsp3) is 0.250. The number of carbonyl (C=O) groups excluding carboxylic acids is 1. The Bertz CT molecular complexity index is 1690. The second-order valence-electron chi connectivity index (χ2n) is 9.32. The van der Waals surface area contributed by atoms with E-state index in [2.05, 4.69) is 15.5 Å². The van der Waals surface area contributed by atoms with Crippen LogP contribution in [-0.4, -0.2) is 66.6 Å². The summed E-state index contributed by atoms with van der Waals surface area (Å²) in [6.45, 7) is 2.29. The zero-order chi connectivity index (χ0) is 29.1. The van der Waals surface area contributed by atoms with Crippen molar-refractivity contribution in [3.63, 3.8) is 0 Å². The predicted octanol–water partition coefficient (Wildman–Crippen LogP) is 3.72. The summed E-state index contributed by atoms with van der Waals surface area (Å²) in [5.74, 6) is 2.19. The molecule has 0 spiro atoms. The number of rotatable bonds is 10. The van der Waals surface area contributed by atoms with E-state index < -0.39 is 15.3 Å². The number of nitrogens with one attached hydrogen (secondary N) is 1. The topological polar surface area (TPSA) is 125 Å². The molecule has 4 aromatic rings. The second kappa shape index (κ2) is 11.8. The van der Waals surface area contributed by atoms with E-state index in [1.807, 2.05) is 42.5 Å². The highest BCUT2D eigenvalue weighted by Crippen LogP contribution is 2.34. The Labute approximate surface area is 242 Å². The van der Waals surface area contributed by atoms with Gasteiger partial charge in [0, 0.05) is 32.3 Å². The summed E-state index contributed by atoms with van der Waals surface area (Å²) in [5, 5.41) is 11.7. The van der Waals surface area contributed by atoms with E-state index >= 15 is 0 Å². The molecule has 11 nitrogen and oxygen atoms in total. The van der Waals surface area contributed by atoms with Crippen molar-refractivity contribution in [3.8, 4) is 34.3 Å². The fourth-order valence-electron chi connectivity index (χ4n) is 4.12. The molecular weight excluding hydrogens is 566 g/mol. The number of aromatic nitrogens is 3. The van der Waals surface area contributed by atoms with Crippen LogP contribution in [0.25, 0.3) is 17.1 Å². The Balaban J connectivity index is 1.43. The van der Waals surface area contributed by atoms with Gasteiger partial charge in [0.15, 0.2) is 22.5 Å². The van der Waals surface area contributed by atoms with Crippen molar-refractivity contribution in [2.45, 2.75) is 28.8 Å². The summed E-state index contributed by atoms with van der Waals surface area (Å²) in [5.41, 5.74) is 2.13. The standard InChI is InChI=1S/C28H29N5O6S2/c1-18(27(34)29-16-19-11-12-24-25(13-19)39-17-38-24)40-28-31-30-26(33(28)21-8-6-9-22(15-21)37-4)20-7-5-10-23(14-20)41(35,36)32(2)3/h5-15,18H,16-17H2,1-4H3,(H,29,34). The SMILES string of the molecule is COc1cccc(-n2c(SC(C)C(=O)NCc3ccc4c(c3)OCO4)nnc2-c2cccc(S(=O)(=O)N(C)C)c2)c1. The van der Waals surface area contributed by atoms with E-state index in [0.29, 0.717) is 46.0 Å². The molecule has 1 unspecified atom stereocenters. The quantitative estimate of drug-likeness (QED) is 0.273. The Kier molecular flexibility index (Phi) is 8.20. The van der Waals surface area contributed by atoms with Crippen molar-refractivity contribution in [1.29, 1.82) is 0 Å². The molecule has 214 valence electrons. The molecule has 1 amide bonds. The molecule has 3 aromatic carbocycles. The van der Waals surface area contributed by atoms with Gasteiger partial charge in [-0.05, 0) is 48.9 Å². The molecule has 13 heteroatoms. The first-order valence-corrected chi connectivity index (χ1v) is 14.9. The van der Waals surface area contributed by atoms with Gasteiger partial charge in [0.2, 0.25) is 22.7 Å². The van der Waals surface area contributed by atoms with Gasteiger partial charge in [-0.1, -0.05) is 36.0 Å². The molecule has 0 radical (unpaired) electrons. The van der Waals surface area contributed by atoms with Gasteiger partial charge in [0.1, 0.15) is 5.75 Å². The summed E-state index contributed by atoms with van der Waals surface area (Å²) in [4.78, 5) is 13.2. The summed E-state index contributed by atoms with van der Waals surface area (Å²) in [7, 11) is 0.866. The Hall–Kier alpha value is -4.07. The molecule has 1 aliphatic heterocycles. The third-order valence-corrected chi connectivity index (χ3v) is 9.22. The van der Waals surface area contributed by atoms with Gasteiger partial charge in [0.25, 0.3) is 0 Å². The summed E-state index contributed by atoms with van der Waals surface area (Å²) in [6, 6.07) is 19.4. The number of benzene rings is 3. The zero-order valence-electron chi connectivity index (χ0n) is 22.9. The largest absolute Gasteiger partial charge is 0.497 e. The first kappa shape index (κ1) is 28.5. The number of methoxy groups -OCH3 is 1. The maximum atomic E-state index is 13.1. The van der Waals surface area contributed by atoms with Crippen LogP contribution < -0.4 is 19.5 Å². The van der Waals surface area contributed by atoms with Crippen LogP contribution in [0.15, 0.2) is 76.8 Å². The maximum absolute atomic E-state index is 13.1. The lowest BCUT2D eigenvalue weighted by Gasteiger charge is -2.15. The maximum Gasteiger partial charge on any atom is 0.242 e. The number of ether oxygens (including phenoxy) is 3. The molecule has 0 bridgehead atoms. The van der Waals surface area contributed by atoms with E-state index in [1.165, 1.54) is 31.9 Å². The number of nitrogens with zero attached hydrogens (tertiary/aromatic N) is 4. The molecule has 0 saturated heterocycles. The van der Waals surface area contributed by atoms with Crippen LogP contribution in [0.4, 0.5) is 0 Å². The number of amides is 1. The molecule has 41 heavy (non-hydrogen) atoms. The average molecular weight is 596 g/mol. The highest BCUT2D eigenvalue weighted by atomic mass is 32.2. The summed E-state index contributed by atoms with van der Waals surface area (Å²) in [6.07, 6.45) is 0. The van der Waals surface area contributed by atoms with Gasteiger partial charge in [-0.25, -0.2) is 12.7 Å². The van der Waals surface area contributed by atoms with Crippen LogP contribution in [0, 0.1) is 0 Å². The van der Waals surface area contributed by atoms with E-state index in [4.69, 9.17) is 14.2 Å². The minimum Gasteiger partial charge on any atom is -0.497 e. The van der Waals surface area contributed by atoms with Crippen LogP contribution in [0.3, 0.4) is 0 Å². The average Bonchev–Trinajstić information content (AvgIpc) is 3.62. The number of hydrogen-bond acceptors (Lipinski definition) is 9. The molecule has 0 saturated carbocycles. The highest BCUT2D eigenvalue weighted by molar-refractivity contribution is 8.00. The molecule has 1 aliphatic rings. The first-order chi connectivity index (χ1) is 19.7. The predicted molar refractivity (Wildman–Crippen MR) is 154 cm³/mol. The van der Waals surface area contributed by atoms with Crippen molar-refractivity contribution in [2.24, 2.45) is 0 Å². The van der Waals surface area contributed by atoms with Crippen LogP contribution in [0.5, 0.6) is 17.2 Å². The second-order valence-corrected chi connectivity index (χ2v) is 12.8. The number of fused-ring (bicyclic) bond motifs is 1. The highest BCUT2D eigenvalue weighted by Gasteiger charge is 2.24. The van der Waals surface area contributed by atoms with E-state index in [1.54, 1.807) is 36.8 Å². The summed E-state index contributed by atoms with van der Waals surface area (Å²) < 4.78 is 44.7. The minimum absolute atomic E-state index is 0.130. The van der Waals surface area contributed by atoms with Crippen LogP contribution in [-0.2, 0) is 21.4 Å². The van der Waals surface area contributed by atoms with Gasteiger partial charge in [-0.2, -0.15) is 0 Å². The normalized spacial score (nSPS) is 13.3. The fourth-order valence-corrected chi connectivity index (χ4v) is 5.96. The Morgan fingerprint density at radius 3 is 2.63 bits per heavy atom. The van der Waals surface area contributed by atoms with Gasteiger partial charge < -0.3 is 19.5 Å². The van der Waals surface area contributed by atoms with Crippen molar-refractivity contribution in [1.82, 2.24) is 24.4 Å². The van der Waals surface area contributed by atoms with Gasteiger partial charge in [0.05, 0.1) is 22.9 Å². The Morgan fingerprint density at radius 2 is 1.85 bits per heavy atom. The molecular formula is C28H29N5O6S2. The lowest BCUT2D eigenvalue weighted by atomic mass is 10.2. The third-order valence-electron chi connectivity index (χ3n) is 6.37. The van der Waals surface area contributed by atoms with Crippen molar-refractivity contribution in [3.05, 3.63) is 72.3 Å². The van der Waals surface area contributed by atoms with Crippen LogP contribution in [0.2, 0.25) is 0 Å². The minimum atomic E-state index is -3.67. The van der Waals surface area contributed by atoms with E-state index in [-0.39, 0.29) is 17.6 Å². The smallest absolute Gasteiger partial charge is 0.242 e. The molecule has 0 aliphatic carbocycles. The van der Waals surface area contributed by atoms with E-state index in [0.717, 1.165) is 9.87 Å². The Morgan fingerprint density at radius 1 is 1.07 bits per heavy atom. The van der Waals surface area contributed by atoms with Crippen molar-refractivity contribution < 1.29 is 27.4 Å². The van der Waals surface area contributed by atoms with Crippen LogP contribution >= 0.6 is 11.8 Å². The van der Waals surface area contributed by atoms with Crippen LogP contribution in [0.1, 0.15) is 12.5 Å². The lowest BCUT2D eigenvalue weighted by Crippen LogP contribution is -2.30. The number of thioether (sulfide) groups is 1. The molecule has 1 aromatic heterocycles. The molecule has 1 atom stereocenters. The third kappa shape index (κ3) is 6.01. The van der Waals surface area contributed by atoms with Crippen molar-refractivity contribution >= 4 is 27.7 Å². The molecule has 0 fully saturated rings. The molecule has 2 heterocycles. The first-order valence-electron chi connectivity index (χ1n) is 12.6. The number of sulfonamides is 1. The monoisotopic (exact) mass is 595 g/mol. The molecule has 5 rings (SSSR count). The van der Waals surface area contributed by atoms with Crippen molar-refractivity contribution in [2.75, 3.05) is 28.0 Å². The molecule has 1 N–H and O–H groups in total. The lowest BCUT2D eigenvalue weighted by molar-refractivity contribution is -0.120. The van der Waals surface area contributed by atoms with Gasteiger partial charge >= 0.3 is 0 Å². The van der Waals surface area contributed by atoms with Gasteiger partial charge in [-0.3, -0.25) is 9.36 Å². The zero-order valence-corrected chi connectivity index (χ0v) is 24.5. The van der Waals surface area contributed by atoms with Gasteiger partial charge in [-0.15, -0.1) is 10.2 Å².